The first-order valence-corrected chi connectivity index (χ1v) is 16.2. The van der Waals surface area contributed by atoms with Gasteiger partial charge in [-0.3, -0.25) is 14.3 Å². The van der Waals surface area contributed by atoms with Gasteiger partial charge in [0.15, 0.2) is 12.4 Å². The maximum absolute atomic E-state index is 13.0. The fourth-order valence-electron chi connectivity index (χ4n) is 5.94. The molecule has 0 spiro atoms. The third-order valence-corrected chi connectivity index (χ3v) is 8.91. The lowest BCUT2D eigenvalue weighted by Crippen LogP contribution is -2.40. The quantitative estimate of drug-likeness (QED) is 0.124. The van der Waals surface area contributed by atoms with Crippen LogP contribution in [0.4, 0.5) is 0 Å². The minimum Gasteiger partial charge on any atom is -0.596 e. The van der Waals surface area contributed by atoms with Crippen LogP contribution in [0, 0.1) is 12.8 Å². The molecule has 0 radical (unpaired) electrons. The van der Waals surface area contributed by atoms with E-state index in [1.54, 1.807) is 14.0 Å². The monoisotopic (exact) mass is 648 g/mol. The SMILES string of the molecule is COCCO[C@@H]1[C@H](C[P+](=O)[O-])[C@@H](COC(c2ccccc2)(c2ccccc2)c2ccc(OC)cc2)O[C@H]1n1cc(C)c(=O)[nH]c1=O. The summed E-state index contributed by atoms with van der Waals surface area (Å²) in [5, 5.41) is 0. The molecule has 0 bridgehead atoms. The Kier molecular flexibility index (Phi) is 11.0. The van der Waals surface area contributed by atoms with Crippen molar-refractivity contribution in [2.45, 2.75) is 31.0 Å². The summed E-state index contributed by atoms with van der Waals surface area (Å²) >= 11 is 0. The van der Waals surface area contributed by atoms with E-state index in [-0.39, 0.29) is 31.5 Å². The molecule has 3 aromatic carbocycles. The molecule has 5 atom stereocenters. The van der Waals surface area contributed by atoms with E-state index in [4.69, 9.17) is 23.7 Å². The lowest BCUT2D eigenvalue weighted by molar-refractivity contribution is -0.165. The van der Waals surface area contributed by atoms with E-state index in [0.29, 0.717) is 5.75 Å². The van der Waals surface area contributed by atoms with Gasteiger partial charge in [0.2, 0.25) is 0 Å². The highest BCUT2D eigenvalue weighted by Gasteiger charge is 2.50. The number of rotatable bonds is 14. The molecule has 1 aliphatic heterocycles. The molecule has 1 aliphatic rings. The molecule has 0 amide bonds. The molecule has 5 rings (SSSR count). The van der Waals surface area contributed by atoms with Gasteiger partial charge in [-0.05, 0) is 35.7 Å². The van der Waals surface area contributed by atoms with Gasteiger partial charge in [-0.2, -0.15) is 0 Å². The third kappa shape index (κ3) is 7.05. The number of H-pyrrole nitrogens is 1. The van der Waals surface area contributed by atoms with Crippen molar-refractivity contribution in [1.29, 1.82) is 0 Å². The molecule has 1 aromatic heterocycles. The molecule has 4 aromatic rings. The van der Waals surface area contributed by atoms with Gasteiger partial charge in [-0.1, -0.05) is 77.4 Å². The Balaban J connectivity index is 1.60. The maximum Gasteiger partial charge on any atom is 0.330 e. The first-order chi connectivity index (χ1) is 22.3. The number of nitrogens with zero attached hydrogens (tertiary/aromatic N) is 1. The molecule has 1 unspecified atom stereocenters. The van der Waals surface area contributed by atoms with Crippen molar-refractivity contribution < 1.29 is 33.1 Å². The van der Waals surface area contributed by atoms with Crippen LogP contribution in [0.2, 0.25) is 0 Å². The van der Waals surface area contributed by atoms with Crippen LogP contribution in [-0.4, -0.2) is 62.0 Å². The van der Waals surface area contributed by atoms with Crippen LogP contribution in [0.1, 0.15) is 28.5 Å². The van der Waals surface area contributed by atoms with Crippen molar-refractivity contribution in [2.75, 3.05) is 40.2 Å². The van der Waals surface area contributed by atoms with E-state index in [9.17, 15) is 19.0 Å². The second kappa shape index (κ2) is 15.1. The van der Waals surface area contributed by atoms with E-state index < -0.39 is 49.2 Å². The van der Waals surface area contributed by atoms with E-state index in [1.165, 1.54) is 17.9 Å². The summed E-state index contributed by atoms with van der Waals surface area (Å²) in [5.74, 6) is -0.0417. The summed E-state index contributed by atoms with van der Waals surface area (Å²) in [6.07, 6.45) is -1.62. The normalized spacial score (nSPS) is 20.0. The lowest BCUT2D eigenvalue weighted by Gasteiger charge is -2.37. The molecule has 46 heavy (non-hydrogen) atoms. The van der Waals surface area contributed by atoms with Gasteiger partial charge in [0.1, 0.15) is 17.5 Å². The van der Waals surface area contributed by atoms with E-state index in [1.807, 2.05) is 84.9 Å². The number of ether oxygens (including phenoxy) is 5. The van der Waals surface area contributed by atoms with Crippen LogP contribution in [0.15, 0.2) is 101 Å². The number of hydrogen-bond acceptors (Lipinski definition) is 9. The van der Waals surface area contributed by atoms with E-state index >= 15 is 0 Å². The number of methoxy groups -OCH3 is 2. The number of aromatic nitrogens is 2. The smallest absolute Gasteiger partial charge is 0.330 e. The molecule has 0 saturated carbocycles. The van der Waals surface area contributed by atoms with Crippen molar-refractivity contribution in [3.8, 4) is 5.75 Å². The standard InChI is InChI=1S/C34H37N2O9P/c1-23-20-36(33(38)35-31(23)37)32-30(43-19-18-41-2)28(22-46(39)40)29(45-32)21-44-34(24-10-6-4-7-11-24,25-12-8-5-9-13-25)26-14-16-27(42-3)17-15-26/h4-17,20,28-30,32H,18-19,21-22H2,1-3H3,(H,35,37,38)/t28-,29-,30-,32-/m1/s1. The minimum absolute atomic E-state index is 0.0681. The molecule has 0 aliphatic carbocycles. The second-order valence-corrected chi connectivity index (χ2v) is 12.0. The molecular weight excluding hydrogens is 611 g/mol. The van der Waals surface area contributed by atoms with Crippen LogP contribution in [0.25, 0.3) is 0 Å². The van der Waals surface area contributed by atoms with Crippen LogP contribution >= 0.6 is 8.03 Å². The third-order valence-electron chi connectivity index (χ3n) is 8.19. The summed E-state index contributed by atoms with van der Waals surface area (Å²) in [7, 11) is 0.251. The number of benzene rings is 3. The Bertz CT molecular complexity index is 1670. The summed E-state index contributed by atoms with van der Waals surface area (Å²) in [6, 6.07) is 27.0. The Labute approximate surface area is 267 Å². The predicted octanol–water partition coefficient (Wildman–Crippen LogP) is 3.51. The zero-order valence-corrected chi connectivity index (χ0v) is 26.8. The van der Waals surface area contributed by atoms with E-state index in [2.05, 4.69) is 4.98 Å². The molecule has 1 N–H and O–H groups in total. The highest BCUT2D eigenvalue weighted by molar-refractivity contribution is 7.36. The second-order valence-electron chi connectivity index (χ2n) is 11.0. The van der Waals surface area contributed by atoms with Gasteiger partial charge in [0.25, 0.3) is 5.56 Å². The summed E-state index contributed by atoms with van der Waals surface area (Å²) < 4.78 is 43.7. The van der Waals surface area contributed by atoms with Crippen LogP contribution in [-0.2, 0) is 29.1 Å². The zero-order chi connectivity index (χ0) is 32.7. The first-order valence-electron chi connectivity index (χ1n) is 14.9. The predicted molar refractivity (Wildman–Crippen MR) is 169 cm³/mol. The fraction of sp³-hybridized carbons (Fsp3) is 0.353. The van der Waals surface area contributed by atoms with Gasteiger partial charge in [0, 0.05) is 18.9 Å². The molecule has 242 valence electrons. The molecule has 1 saturated heterocycles. The van der Waals surface area contributed by atoms with Crippen molar-refractivity contribution in [3.63, 3.8) is 0 Å². The van der Waals surface area contributed by atoms with Gasteiger partial charge in [0.05, 0.1) is 39.0 Å². The largest absolute Gasteiger partial charge is 0.596 e. The maximum atomic E-state index is 13.0. The number of aromatic amines is 1. The lowest BCUT2D eigenvalue weighted by atomic mass is 9.80. The Hall–Kier alpha value is -3.96. The van der Waals surface area contributed by atoms with Gasteiger partial charge < -0.3 is 28.6 Å². The van der Waals surface area contributed by atoms with Crippen LogP contribution in [0.5, 0.6) is 5.75 Å². The Morgan fingerprint density at radius 3 is 2.09 bits per heavy atom. The Morgan fingerprint density at radius 2 is 1.52 bits per heavy atom. The molecular formula is C34H37N2O9P. The number of hydrogen-bond donors (Lipinski definition) is 1. The summed E-state index contributed by atoms with van der Waals surface area (Å²) in [5.41, 5.74) is 0.418. The summed E-state index contributed by atoms with van der Waals surface area (Å²) in [6.45, 7) is 1.87. The fourth-order valence-corrected chi connectivity index (χ4v) is 6.73. The zero-order valence-electron chi connectivity index (χ0n) is 25.9. The van der Waals surface area contributed by atoms with Crippen LogP contribution in [0.3, 0.4) is 0 Å². The van der Waals surface area contributed by atoms with E-state index in [0.717, 1.165) is 16.7 Å². The first kappa shape index (κ1) is 33.4. The van der Waals surface area contributed by atoms with Gasteiger partial charge in [-0.15, -0.1) is 0 Å². The highest BCUT2D eigenvalue weighted by Crippen LogP contribution is 2.44. The van der Waals surface area contributed by atoms with Gasteiger partial charge in [-0.25, -0.2) is 4.79 Å². The Morgan fingerprint density at radius 1 is 0.913 bits per heavy atom. The molecule has 2 heterocycles. The van der Waals surface area contributed by atoms with Crippen molar-refractivity contribution in [2.24, 2.45) is 5.92 Å². The average molecular weight is 649 g/mol. The molecule has 12 heteroatoms. The van der Waals surface area contributed by atoms with Crippen molar-refractivity contribution in [1.82, 2.24) is 9.55 Å². The van der Waals surface area contributed by atoms with Crippen molar-refractivity contribution >= 4 is 8.03 Å². The average Bonchev–Trinajstić information content (AvgIpc) is 3.40. The highest BCUT2D eigenvalue weighted by atomic mass is 31.1. The number of nitrogens with one attached hydrogen (secondary N) is 1. The number of aryl methyl sites for hydroxylation is 1. The molecule has 1 fully saturated rings. The summed E-state index contributed by atoms with van der Waals surface area (Å²) in [4.78, 5) is 39.7. The minimum atomic E-state index is -2.87. The van der Waals surface area contributed by atoms with Crippen LogP contribution < -0.4 is 20.9 Å². The topological polar surface area (TPSA) is 141 Å². The van der Waals surface area contributed by atoms with Gasteiger partial charge >= 0.3 is 13.7 Å². The molecule has 11 nitrogen and oxygen atoms in total. The van der Waals surface area contributed by atoms with Crippen molar-refractivity contribution in [3.05, 3.63) is 134 Å².